The Kier molecular flexibility index (Phi) is 5.50. The van der Waals surface area contributed by atoms with Gasteiger partial charge in [0.15, 0.2) is 0 Å². The molecule has 0 radical (unpaired) electrons. The lowest BCUT2D eigenvalue weighted by atomic mass is 10.3. The van der Waals surface area contributed by atoms with Crippen LogP contribution < -0.4 is 0 Å². The van der Waals surface area contributed by atoms with Gasteiger partial charge in [-0.1, -0.05) is 20.3 Å². The second-order valence-electron chi connectivity index (χ2n) is 2.99. The zero-order valence-corrected chi connectivity index (χ0v) is 9.02. The molecule has 0 saturated heterocycles. The first-order valence-electron chi connectivity index (χ1n) is 4.48. The van der Waals surface area contributed by atoms with Crippen molar-refractivity contribution in [3.8, 4) is 0 Å². The Balaban J connectivity index is 3.98. The summed E-state index contributed by atoms with van der Waals surface area (Å²) in [5, 5.41) is 0. The minimum absolute atomic E-state index is 0.271. The molecule has 0 aromatic carbocycles. The molecule has 0 bridgehead atoms. The zero-order chi connectivity index (χ0) is 9.61. The second kappa shape index (κ2) is 5.54. The molecule has 0 heterocycles. The maximum Gasteiger partial charge on any atom is 0.213 e. The Morgan fingerprint density at radius 2 is 1.75 bits per heavy atom. The van der Waals surface area contributed by atoms with E-state index in [4.69, 9.17) is 0 Å². The second-order valence-corrected chi connectivity index (χ2v) is 5.19. The van der Waals surface area contributed by atoms with Gasteiger partial charge in [-0.15, -0.1) is 0 Å². The lowest BCUT2D eigenvalue weighted by Crippen LogP contribution is -2.29. The monoisotopic (exact) mass is 193 g/mol. The quantitative estimate of drug-likeness (QED) is 0.640. The highest BCUT2D eigenvalue weighted by atomic mass is 32.2. The summed E-state index contributed by atoms with van der Waals surface area (Å²) < 4.78 is 24.2. The third-order valence-corrected chi connectivity index (χ3v) is 3.82. The van der Waals surface area contributed by atoms with E-state index >= 15 is 0 Å². The van der Waals surface area contributed by atoms with Gasteiger partial charge in [0.05, 0.1) is 5.75 Å². The molecule has 12 heavy (non-hydrogen) atoms. The number of sulfonamides is 1. The average molecular weight is 193 g/mol. The molecule has 0 aromatic heterocycles. The molecule has 0 aliphatic heterocycles. The van der Waals surface area contributed by atoms with E-state index in [2.05, 4.69) is 6.92 Å². The van der Waals surface area contributed by atoms with Crippen molar-refractivity contribution >= 4 is 10.0 Å². The summed E-state index contributed by atoms with van der Waals surface area (Å²) in [5.74, 6) is 0.271. The fourth-order valence-corrected chi connectivity index (χ4v) is 2.17. The van der Waals surface area contributed by atoms with Crippen molar-refractivity contribution in [2.24, 2.45) is 0 Å². The normalized spacial score (nSPS) is 12.3. The Morgan fingerprint density at radius 3 is 2.17 bits per heavy atom. The van der Waals surface area contributed by atoms with Gasteiger partial charge in [-0.25, -0.2) is 12.7 Å². The van der Waals surface area contributed by atoms with E-state index in [1.54, 1.807) is 7.05 Å². The van der Waals surface area contributed by atoms with Gasteiger partial charge in [0.25, 0.3) is 0 Å². The average Bonchev–Trinajstić information content (AvgIpc) is 2.00. The Morgan fingerprint density at radius 1 is 1.17 bits per heavy atom. The summed E-state index contributed by atoms with van der Waals surface area (Å²) >= 11 is 0. The molecular formula is C8H19NO2S. The largest absolute Gasteiger partial charge is 0.213 e. The lowest BCUT2D eigenvalue weighted by Gasteiger charge is -2.15. The number of rotatable bonds is 6. The van der Waals surface area contributed by atoms with Gasteiger partial charge in [0, 0.05) is 13.6 Å². The van der Waals surface area contributed by atoms with Crippen molar-refractivity contribution in [2.75, 3.05) is 19.3 Å². The summed E-state index contributed by atoms with van der Waals surface area (Å²) in [7, 11) is -1.30. The van der Waals surface area contributed by atoms with Crippen molar-refractivity contribution in [1.82, 2.24) is 4.31 Å². The molecule has 3 nitrogen and oxygen atoms in total. The van der Waals surface area contributed by atoms with E-state index in [1.165, 1.54) is 4.31 Å². The van der Waals surface area contributed by atoms with Crippen LogP contribution in [0.4, 0.5) is 0 Å². The molecule has 0 spiro atoms. The molecule has 74 valence electrons. The first kappa shape index (κ1) is 11.9. The van der Waals surface area contributed by atoms with Crippen LogP contribution in [0.25, 0.3) is 0 Å². The highest BCUT2D eigenvalue weighted by molar-refractivity contribution is 7.89. The van der Waals surface area contributed by atoms with E-state index in [1.807, 2.05) is 6.92 Å². The Labute approximate surface area is 75.8 Å². The van der Waals surface area contributed by atoms with E-state index < -0.39 is 10.0 Å². The lowest BCUT2D eigenvalue weighted by molar-refractivity contribution is 0.459. The summed E-state index contributed by atoms with van der Waals surface area (Å²) in [6.07, 6.45) is 2.67. The molecule has 0 atom stereocenters. The van der Waals surface area contributed by atoms with E-state index in [0.29, 0.717) is 13.0 Å². The molecular weight excluding hydrogens is 174 g/mol. The summed E-state index contributed by atoms with van der Waals surface area (Å²) in [5.41, 5.74) is 0. The third kappa shape index (κ3) is 4.07. The van der Waals surface area contributed by atoms with Crippen LogP contribution in [0.5, 0.6) is 0 Å². The van der Waals surface area contributed by atoms with E-state index in [9.17, 15) is 8.42 Å². The van der Waals surface area contributed by atoms with Crippen LogP contribution in [0.3, 0.4) is 0 Å². The number of unbranched alkanes of at least 4 members (excludes halogenated alkanes) is 1. The zero-order valence-electron chi connectivity index (χ0n) is 8.21. The first-order valence-corrected chi connectivity index (χ1v) is 6.09. The van der Waals surface area contributed by atoms with E-state index in [-0.39, 0.29) is 5.75 Å². The predicted octanol–water partition coefficient (Wildman–Crippen LogP) is 1.46. The highest BCUT2D eigenvalue weighted by Crippen LogP contribution is 2.02. The van der Waals surface area contributed by atoms with Crippen LogP contribution in [0, 0.1) is 0 Å². The Bertz CT molecular complexity index is 199. The van der Waals surface area contributed by atoms with Crippen LogP contribution >= 0.6 is 0 Å². The van der Waals surface area contributed by atoms with Gasteiger partial charge >= 0.3 is 0 Å². The van der Waals surface area contributed by atoms with Gasteiger partial charge < -0.3 is 0 Å². The predicted molar refractivity (Wildman–Crippen MR) is 51.6 cm³/mol. The SMILES string of the molecule is CCCCN(C)S(=O)(=O)CCC. The van der Waals surface area contributed by atoms with Gasteiger partial charge in [0.1, 0.15) is 0 Å². The minimum Gasteiger partial charge on any atom is -0.212 e. The Hall–Kier alpha value is -0.0900. The summed E-state index contributed by atoms with van der Waals surface area (Å²) in [6, 6.07) is 0. The maximum atomic E-state index is 11.4. The van der Waals surface area contributed by atoms with Crippen molar-refractivity contribution in [3.05, 3.63) is 0 Å². The maximum absolute atomic E-state index is 11.4. The van der Waals surface area contributed by atoms with Crippen molar-refractivity contribution < 1.29 is 8.42 Å². The van der Waals surface area contributed by atoms with Crippen molar-refractivity contribution in [3.63, 3.8) is 0 Å². The summed E-state index contributed by atoms with van der Waals surface area (Å²) in [4.78, 5) is 0. The standard InChI is InChI=1S/C8H19NO2S/c1-4-6-7-9(3)12(10,11)8-5-2/h4-8H2,1-3H3. The van der Waals surface area contributed by atoms with Gasteiger partial charge in [-0.2, -0.15) is 0 Å². The van der Waals surface area contributed by atoms with Crippen LogP contribution in [-0.4, -0.2) is 32.1 Å². The smallest absolute Gasteiger partial charge is 0.212 e. The molecule has 0 N–H and O–H groups in total. The molecule has 0 amide bonds. The first-order chi connectivity index (χ1) is 5.54. The van der Waals surface area contributed by atoms with Gasteiger partial charge in [-0.05, 0) is 12.8 Å². The molecule has 0 aromatic rings. The third-order valence-electron chi connectivity index (χ3n) is 1.76. The van der Waals surface area contributed by atoms with Crippen molar-refractivity contribution in [2.45, 2.75) is 33.1 Å². The number of hydrogen-bond donors (Lipinski definition) is 0. The van der Waals surface area contributed by atoms with Gasteiger partial charge in [-0.3, -0.25) is 0 Å². The summed E-state index contributed by atoms with van der Waals surface area (Å²) in [6.45, 7) is 4.59. The molecule has 0 fully saturated rings. The minimum atomic E-state index is -2.95. The molecule has 0 saturated carbocycles. The fraction of sp³-hybridized carbons (Fsp3) is 1.00. The fourth-order valence-electron chi connectivity index (χ4n) is 0.934. The molecule has 0 rings (SSSR count). The molecule has 0 unspecified atom stereocenters. The van der Waals surface area contributed by atoms with Gasteiger partial charge in [0.2, 0.25) is 10.0 Å². The van der Waals surface area contributed by atoms with Crippen molar-refractivity contribution in [1.29, 1.82) is 0 Å². The number of nitrogens with zero attached hydrogens (tertiary/aromatic N) is 1. The molecule has 0 aliphatic carbocycles. The van der Waals surface area contributed by atoms with Crippen LogP contribution in [-0.2, 0) is 10.0 Å². The highest BCUT2D eigenvalue weighted by Gasteiger charge is 2.14. The number of hydrogen-bond acceptors (Lipinski definition) is 2. The van der Waals surface area contributed by atoms with E-state index in [0.717, 1.165) is 12.8 Å². The topological polar surface area (TPSA) is 37.4 Å². The molecule has 0 aliphatic rings. The van der Waals surface area contributed by atoms with Crippen LogP contribution in [0.2, 0.25) is 0 Å². The molecule has 4 heteroatoms. The van der Waals surface area contributed by atoms with Crippen LogP contribution in [0.15, 0.2) is 0 Å². The van der Waals surface area contributed by atoms with Crippen LogP contribution in [0.1, 0.15) is 33.1 Å².